The zero-order chi connectivity index (χ0) is 9.97. The Hall–Kier alpha value is -0.900. The summed E-state index contributed by atoms with van der Waals surface area (Å²) in [4.78, 5) is 4.26. The minimum Gasteiger partial charge on any atom is -0.308 e. The van der Waals surface area contributed by atoms with Crippen LogP contribution >= 0.6 is 0 Å². The summed E-state index contributed by atoms with van der Waals surface area (Å²) in [5.41, 5.74) is 0. The number of nitrogens with zero attached hydrogens (tertiary/aromatic N) is 3. The Morgan fingerprint density at radius 3 is 3.00 bits per heavy atom. The maximum absolute atomic E-state index is 4.26. The minimum absolute atomic E-state index is 0.501. The number of nitrogens with one attached hydrogen (secondary N) is 1. The number of hydrogen-bond acceptors (Lipinski definition) is 3. The Balaban J connectivity index is 1.90. The molecule has 1 aromatic rings. The monoisotopic (exact) mass is 194 g/mol. The van der Waals surface area contributed by atoms with E-state index in [1.165, 1.54) is 12.8 Å². The number of aromatic nitrogens is 3. The predicted octanol–water partition coefficient (Wildman–Crippen LogP) is 1.19. The largest absolute Gasteiger partial charge is 0.308 e. The third-order valence-corrected chi connectivity index (χ3v) is 2.49. The van der Waals surface area contributed by atoms with Crippen LogP contribution in [0, 0.1) is 5.92 Å². The summed E-state index contributed by atoms with van der Waals surface area (Å²) in [6, 6.07) is 0.501. The lowest BCUT2D eigenvalue weighted by Crippen LogP contribution is -2.24. The van der Waals surface area contributed by atoms with Crippen molar-refractivity contribution in [3.8, 4) is 0 Å². The summed E-state index contributed by atoms with van der Waals surface area (Å²) in [5.74, 6) is 1.92. The molecule has 78 valence electrons. The van der Waals surface area contributed by atoms with Crippen molar-refractivity contribution in [1.29, 1.82) is 0 Å². The van der Waals surface area contributed by atoms with Crippen molar-refractivity contribution in [3.63, 3.8) is 0 Å². The molecule has 14 heavy (non-hydrogen) atoms. The Morgan fingerprint density at radius 1 is 1.57 bits per heavy atom. The van der Waals surface area contributed by atoms with Crippen molar-refractivity contribution in [3.05, 3.63) is 12.2 Å². The van der Waals surface area contributed by atoms with E-state index in [1.54, 1.807) is 6.33 Å². The van der Waals surface area contributed by atoms with Crippen molar-refractivity contribution in [2.75, 3.05) is 0 Å². The summed E-state index contributed by atoms with van der Waals surface area (Å²) in [6.45, 7) is 6.16. The molecule has 0 atom stereocenters. The van der Waals surface area contributed by atoms with Crippen molar-refractivity contribution in [1.82, 2.24) is 20.1 Å². The molecular weight excluding hydrogens is 176 g/mol. The minimum atomic E-state index is 0.501. The quantitative estimate of drug-likeness (QED) is 0.765. The molecular formula is C10H18N4. The van der Waals surface area contributed by atoms with Gasteiger partial charge in [-0.2, -0.15) is 5.10 Å². The topological polar surface area (TPSA) is 42.7 Å². The normalized spacial score (nSPS) is 16.5. The molecule has 4 heteroatoms. The highest BCUT2D eigenvalue weighted by atomic mass is 15.3. The van der Waals surface area contributed by atoms with E-state index < -0.39 is 0 Å². The van der Waals surface area contributed by atoms with E-state index in [9.17, 15) is 0 Å². The smallest absolute Gasteiger partial charge is 0.140 e. The van der Waals surface area contributed by atoms with E-state index >= 15 is 0 Å². The summed E-state index contributed by atoms with van der Waals surface area (Å²) < 4.78 is 2.03. The predicted molar refractivity (Wildman–Crippen MR) is 54.7 cm³/mol. The molecule has 0 aliphatic heterocycles. The van der Waals surface area contributed by atoms with Crippen LogP contribution in [0.15, 0.2) is 6.33 Å². The van der Waals surface area contributed by atoms with E-state index in [4.69, 9.17) is 0 Å². The van der Waals surface area contributed by atoms with E-state index in [0.29, 0.717) is 6.04 Å². The maximum Gasteiger partial charge on any atom is 0.140 e. The van der Waals surface area contributed by atoms with Gasteiger partial charge in [-0.3, -0.25) is 0 Å². The van der Waals surface area contributed by atoms with Gasteiger partial charge in [-0.05, 0) is 18.8 Å². The van der Waals surface area contributed by atoms with Crippen LogP contribution in [0.1, 0.15) is 32.5 Å². The number of hydrogen-bond donors (Lipinski definition) is 1. The molecule has 4 nitrogen and oxygen atoms in total. The Morgan fingerprint density at radius 2 is 2.36 bits per heavy atom. The molecule has 1 saturated carbocycles. The van der Waals surface area contributed by atoms with E-state index in [2.05, 4.69) is 29.2 Å². The van der Waals surface area contributed by atoms with Gasteiger partial charge in [0.2, 0.25) is 0 Å². The Kier molecular flexibility index (Phi) is 2.82. The molecule has 0 saturated heterocycles. The fraction of sp³-hybridized carbons (Fsp3) is 0.800. The molecule has 0 unspecified atom stereocenters. The zero-order valence-electron chi connectivity index (χ0n) is 8.90. The van der Waals surface area contributed by atoms with Gasteiger partial charge in [0.1, 0.15) is 12.2 Å². The highest BCUT2D eigenvalue weighted by Crippen LogP contribution is 2.30. The molecule has 1 aliphatic carbocycles. The van der Waals surface area contributed by atoms with Crippen LogP contribution < -0.4 is 5.32 Å². The number of rotatable bonds is 5. The lowest BCUT2D eigenvalue weighted by molar-refractivity contribution is 0.499. The highest BCUT2D eigenvalue weighted by Gasteiger charge is 2.23. The van der Waals surface area contributed by atoms with Crippen LogP contribution in [-0.2, 0) is 13.1 Å². The van der Waals surface area contributed by atoms with Crippen LogP contribution in [0.3, 0.4) is 0 Å². The molecule has 0 radical (unpaired) electrons. The molecule has 2 rings (SSSR count). The standard InChI is InChI=1S/C10H18N4/c1-8(2)11-5-10-12-7-13-14(10)6-9-3-4-9/h7-9,11H,3-6H2,1-2H3. The van der Waals surface area contributed by atoms with Gasteiger partial charge in [0.05, 0.1) is 6.54 Å². The van der Waals surface area contributed by atoms with Gasteiger partial charge in [0.25, 0.3) is 0 Å². The first-order valence-electron chi connectivity index (χ1n) is 5.36. The first-order valence-corrected chi connectivity index (χ1v) is 5.36. The average Bonchev–Trinajstić information content (AvgIpc) is 2.81. The van der Waals surface area contributed by atoms with E-state index in [1.807, 2.05) is 4.68 Å². The van der Waals surface area contributed by atoms with Crippen LogP contribution in [0.2, 0.25) is 0 Å². The van der Waals surface area contributed by atoms with Crippen LogP contribution in [0.5, 0.6) is 0 Å². The fourth-order valence-corrected chi connectivity index (χ4v) is 1.42. The van der Waals surface area contributed by atoms with Gasteiger partial charge in [0, 0.05) is 12.6 Å². The molecule has 1 heterocycles. The summed E-state index contributed by atoms with van der Waals surface area (Å²) >= 11 is 0. The molecule has 0 spiro atoms. The second-order valence-corrected chi connectivity index (χ2v) is 4.34. The second kappa shape index (κ2) is 4.09. The molecule has 1 fully saturated rings. The third kappa shape index (κ3) is 2.54. The first kappa shape index (κ1) is 9.65. The van der Waals surface area contributed by atoms with Crippen molar-refractivity contribution < 1.29 is 0 Å². The van der Waals surface area contributed by atoms with Crippen LogP contribution in [-0.4, -0.2) is 20.8 Å². The SMILES string of the molecule is CC(C)NCc1ncnn1CC1CC1. The molecule has 1 N–H and O–H groups in total. The van der Waals surface area contributed by atoms with Gasteiger partial charge >= 0.3 is 0 Å². The lowest BCUT2D eigenvalue weighted by atomic mass is 10.4. The average molecular weight is 194 g/mol. The Labute approximate surface area is 84.7 Å². The Bertz CT molecular complexity index is 288. The maximum atomic E-state index is 4.26. The second-order valence-electron chi connectivity index (χ2n) is 4.34. The first-order chi connectivity index (χ1) is 6.75. The summed E-state index contributed by atoms with van der Waals surface area (Å²) in [5, 5.41) is 7.60. The molecule has 0 aromatic carbocycles. The molecule has 0 amide bonds. The zero-order valence-corrected chi connectivity index (χ0v) is 8.90. The van der Waals surface area contributed by atoms with E-state index in [-0.39, 0.29) is 0 Å². The van der Waals surface area contributed by atoms with E-state index in [0.717, 1.165) is 24.8 Å². The van der Waals surface area contributed by atoms with Gasteiger partial charge in [-0.15, -0.1) is 0 Å². The molecule has 1 aromatic heterocycles. The van der Waals surface area contributed by atoms with Crippen LogP contribution in [0.4, 0.5) is 0 Å². The van der Waals surface area contributed by atoms with Gasteiger partial charge < -0.3 is 5.32 Å². The van der Waals surface area contributed by atoms with Crippen molar-refractivity contribution in [2.45, 2.75) is 45.8 Å². The van der Waals surface area contributed by atoms with Gasteiger partial charge in [0.15, 0.2) is 0 Å². The van der Waals surface area contributed by atoms with Crippen molar-refractivity contribution >= 4 is 0 Å². The summed E-state index contributed by atoms with van der Waals surface area (Å²) in [6.07, 6.45) is 4.37. The highest BCUT2D eigenvalue weighted by molar-refractivity contribution is 4.86. The third-order valence-electron chi connectivity index (χ3n) is 2.49. The van der Waals surface area contributed by atoms with Crippen molar-refractivity contribution in [2.24, 2.45) is 5.92 Å². The van der Waals surface area contributed by atoms with Gasteiger partial charge in [-0.25, -0.2) is 9.67 Å². The van der Waals surface area contributed by atoms with Crippen LogP contribution in [0.25, 0.3) is 0 Å². The fourth-order valence-electron chi connectivity index (χ4n) is 1.42. The molecule has 1 aliphatic rings. The lowest BCUT2D eigenvalue weighted by Gasteiger charge is -2.08. The van der Waals surface area contributed by atoms with Gasteiger partial charge in [-0.1, -0.05) is 13.8 Å². The molecule has 0 bridgehead atoms. The summed E-state index contributed by atoms with van der Waals surface area (Å²) in [7, 11) is 0.